The molecule has 0 aliphatic rings. The SMILES string of the molecule is Cc1ccc(NC(=O)c2sc3nccc(N(C)C)c3c2N)cc1. The zero-order chi connectivity index (χ0) is 16.6. The van der Waals surface area contributed by atoms with Crippen molar-refractivity contribution in [1.82, 2.24) is 4.98 Å². The average Bonchev–Trinajstić information content (AvgIpc) is 2.87. The number of benzene rings is 1. The summed E-state index contributed by atoms with van der Waals surface area (Å²) in [7, 11) is 3.88. The van der Waals surface area contributed by atoms with E-state index in [2.05, 4.69) is 10.3 Å². The van der Waals surface area contributed by atoms with E-state index in [9.17, 15) is 4.79 Å². The summed E-state index contributed by atoms with van der Waals surface area (Å²) < 4.78 is 0. The summed E-state index contributed by atoms with van der Waals surface area (Å²) in [6, 6.07) is 9.55. The lowest BCUT2D eigenvalue weighted by Crippen LogP contribution is -2.12. The number of carbonyl (C=O) groups is 1. The fourth-order valence-electron chi connectivity index (χ4n) is 2.39. The van der Waals surface area contributed by atoms with Gasteiger partial charge in [0, 0.05) is 26.0 Å². The van der Waals surface area contributed by atoms with Crippen molar-refractivity contribution < 1.29 is 4.79 Å². The molecule has 0 saturated heterocycles. The van der Waals surface area contributed by atoms with Gasteiger partial charge >= 0.3 is 0 Å². The molecular weight excluding hydrogens is 308 g/mol. The smallest absolute Gasteiger partial charge is 0.267 e. The fourth-order valence-corrected chi connectivity index (χ4v) is 3.37. The number of hydrogen-bond acceptors (Lipinski definition) is 5. The molecule has 1 amide bonds. The van der Waals surface area contributed by atoms with E-state index in [1.165, 1.54) is 11.3 Å². The van der Waals surface area contributed by atoms with Gasteiger partial charge in [-0.05, 0) is 25.1 Å². The van der Waals surface area contributed by atoms with Crippen LogP contribution in [0.5, 0.6) is 0 Å². The largest absolute Gasteiger partial charge is 0.397 e. The summed E-state index contributed by atoms with van der Waals surface area (Å²) in [6.45, 7) is 2.00. The van der Waals surface area contributed by atoms with Crippen molar-refractivity contribution >= 4 is 44.5 Å². The van der Waals surface area contributed by atoms with Gasteiger partial charge in [0.1, 0.15) is 9.71 Å². The van der Waals surface area contributed by atoms with Crippen molar-refractivity contribution in [3.8, 4) is 0 Å². The number of nitrogens with one attached hydrogen (secondary N) is 1. The molecule has 1 aromatic carbocycles. The zero-order valence-corrected chi connectivity index (χ0v) is 14.1. The number of pyridine rings is 1. The highest BCUT2D eigenvalue weighted by Gasteiger charge is 2.20. The Morgan fingerprint density at radius 2 is 1.91 bits per heavy atom. The third-order valence-electron chi connectivity index (χ3n) is 3.60. The van der Waals surface area contributed by atoms with E-state index < -0.39 is 0 Å². The van der Waals surface area contributed by atoms with Gasteiger partial charge in [-0.2, -0.15) is 0 Å². The molecule has 0 aliphatic heterocycles. The van der Waals surface area contributed by atoms with Crippen molar-refractivity contribution in [3.63, 3.8) is 0 Å². The number of amides is 1. The van der Waals surface area contributed by atoms with Crippen molar-refractivity contribution in [2.75, 3.05) is 30.0 Å². The molecule has 5 nitrogen and oxygen atoms in total. The molecule has 3 rings (SSSR count). The molecule has 0 saturated carbocycles. The predicted octanol–water partition coefficient (Wildman–Crippen LogP) is 3.51. The number of nitrogens with two attached hydrogens (primary N) is 1. The predicted molar refractivity (Wildman–Crippen MR) is 97.5 cm³/mol. The van der Waals surface area contributed by atoms with Crippen LogP contribution < -0.4 is 16.0 Å². The Morgan fingerprint density at radius 1 is 1.22 bits per heavy atom. The second-order valence-electron chi connectivity index (χ2n) is 5.57. The molecule has 23 heavy (non-hydrogen) atoms. The second-order valence-corrected chi connectivity index (χ2v) is 6.57. The number of thiophene rings is 1. The number of anilines is 3. The molecule has 0 spiro atoms. The van der Waals surface area contributed by atoms with Gasteiger partial charge in [-0.1, -0.05) is 17.7 Å². The number of rotatable bonds is 3. The van der Waals surface area contributed by atoms with Crippen molar-refractivity contribution in [3.05, 3.63) is 47.0 Å². The molecule has 0 fully saturated rings. The Balaban J connectivity index is 1.99. The number of hydrogen-bond donors (Lipinski definition) is 2. The van der Waals surface area contributed by atoms with E-state index in [1.807, 2.05) is 56.3 Å². The Bertz CT molecular complexity index is 868. The van der Waals surface area contributed by atoms with E-state index in [0.717, 1.165) is 27.2 Å². The van der Waals surface area contributed by atoms with E-state index in [1.54, 1.807) is 6.20 Å². The van der Waals surface area contributed by atoms with Gasteiger partial charge in [0.05, 0.1) is 16.8 Å². The number of nitrogen functional groups attached to an aromatic ring is 1. The first kappa shape index (κ1) is 15.3. The third kappa shape index (κ3) is 2.85. The Labute approximate surface area is 138 Å². The molecule has 3 aromatic rings. The fraction of sp³-hybridized carbons (Fsp3) is 0.176. The van der Waals surface area contributed by atoms with E-state index in [0.29, 0.717) is 10.6 Å². The van der Waals surface area contributed by atoms with Crippen LogP contribution in [0.3, 0.4) is 0 Å². The van der Waals surface area contributed by atoms with Crippen LogP contribution in [-0.4, -0.2) is 25.0 Å². The van der Waals surface area contributed by atoms with E-state index in [4.69, 9.17) is 5.73 Å². The lowest BCUT2D eigenvalue weighted by atomic mass is 10.2. The van der Waals surface area contributed by atoms with Gasteiger partial charge in [-0.25, -0.2) is 4.98 Å². The van der Waals surface area contributed by atoms with Crippen LogP contribution in [0.1, 0.15) is 15.2 Å². The molecule has 0 aliphatic carbocycles. The summed E-state index contributed by atoms with van der Waals surface area (Å²) in [5.41, 5.74) is 9.57. The molecule has 2 aromatic heterocycles. The summed E-state index contributed by atoms with van der Waals surface area (Å²) in [4.78, 5) is 20.1. The molecular formula is C17H18N4OS. The number of nitrogens with zero attached hydrogens (tertiary/aromatic N) is 2. The molecule has 118 valence electrons. The first-order valence-electron chi connectivity index (χ1n) is 7.19. The van der Waals surface area contributed by atoms with E-state index >= 15 is 0 Å². The number of aryl methyl sites for hydroxylation is 1. The van der Waals surface area contributed by atoms with Crippen LogP contribution in [0.15, 0.2) is 36.5 Å². The van der Waals surface area contributed by atoms with E-state index in [-0.39, 0.29) is 5.91 Å². The maximum atomic E-state index is 12.5. The summed E-state index contributed by atoms with van der Waals surface area (Å²) in [5, 5.41) is 3.72. The first-order valence-corrected chi connectivity index (χ1v) is 8.01. The number of carbonyl (C=O) groups excluding carboxylic acids is 1. The van der Waals surface area contributed by atoms with Gasteiger partial charge in [-0.15, -0.1) is 11.3 Å². The highest BCUT2D eigenvalue weighted by molar-refractivity contribution is 7.21. The lowest BCUT2D eigenvalue weighted by Gasteiger charge is -2.13. The maximum Gasteiger partial charge on any atom is 0.267 e. The monoisotopic (exact) mass is 326 g/mol. The van der Waals surface area contributed by atoms with Crippen LogP contribution in [0.2, 0.25) is 0 Å². The van der Waals surface area contributed by atoms with Crippen LogP contribution in [-0.2, 0) is 0 Å². The maximum absolute atomic E-state index is 12.5. The minimum atomic E-state index is -0.209. The summed E-state index contributed by atoms with van der Waals surface area (Å²) in [6.07, 6.45) is 1.73. The minimum Gasteiger partial charge on any atom is -0.397 e. The molecule has 6 heteroatoms. The highest BCUT2D eigenvalue weighted by Crippen LogP contribution is 2.38. The molecule has 3 N–H and O–H groups in total. The van der Waals surface area contributed by atoms with Gasteiger partial charge in [0.15, 0.2) is 0 Å². The molecule has 0 bridgehead atoms. The van der Waals surface area contributed by atoms with Crippen molar-refractivity contribution in [2.24, 2.45) is 0 Å². The standard InChI is InChI=1S/C17H18N4OS/c1-10-4-6-11(7-5-10)20-16(22)15-14(18)13-12(21(2)3)8-9-19-17(13)23-15/h4-9H,18H2,1-3H3,(H,20,22). The summed E-state index contributed by atoms with van der Waals surface area (Å²) in [5.74, 6) is -0.209. The zero-order valence-electron chi connectivity index (χ0n) is 13.3. The van der Waals surface area contributed by atoms with Crippen LogP contribution in [0.25, 0.3) is 10.2 Å². The normalized spacial score (nSPS) is 10.7. The average molecular weight is 326 g/mol. The first-order chi connectivity index (χ1) is 11.0. The van der Waals surface area contributed by atoms with Gasteiger partial charge in [-0.3, -0.25) is 4.79 Å². The number of aromatic nitrogens is 1. The Hall–Kier alpha value is -2.60. The molecule has 0 atom stereocenters. The Kier molecular flexibility index (Phi) is 3.92. The van der Waals surface area contributed by atoms with Gasteiger partial charge in [0.2, 0.25) is 0 Å². The summed E-state index contributed by atoms with van der Waals surface area (Å²) >= 11 is 1.31. The van der Waals surface area contributed by atoms with Crippen LogP contribution in [0, 0.1) is 6.92 Å². The Morgan fingerprint density at radius 3 is 2.57 bits per heavy atom. The highest BCUT2D eigenvalue weighted by atomic mass is 32.1. The molecule has 2 heterocycles. The molecule has 0 radical (unpaired) electrons. The number of fused-ring (bicyclic) bond motifs is 1. The second kappa shape index (κ2) is 5.89. The minimum absolute atomic E-state index is 0.209. The van der Waals surface area contributed by atoms with Crippen molar-refractivity contribution in [2.45, 2.75) is 6.92 Å². The van der Waals surface area contributed by atoms with Gasteiger partial charge < -0.3 is 16.0 Å². The quantitative estimate of drug-likeness (QED) is 0.773. The van der Waals surface area contributed by atoms with Crippen LogP contribution in [0.4, 0.5) is 17.1 Å². The molecule has 0 unspecified atom stereocenters. The van der Waals surface area contributed by atoms with Gasteiger partial charge in [0.25, 0.3) is 5.91 Å². The third-order valence-corrected chi connectivity index (χ3v) is 4.72. The van der Waals surface area contributed by atoms with Crippen LogP contribution >= 0.6 is 11.3 Å². The van der Waals surface area contributed by atoms with Crippen molar-refractivity contribution in [1.29, 1.82) is 0 Å². The lowest BCUT2D eigenvalue weighted by molar-refractivity contribution is 0.103. The topological polar surface area (TPSA) is 71.2 Å².